The minimum Gasteiger partial charge on any atom is -0.481 e. The van der Waals surface area contributed by atoms with Crippen LogP contribution < -0.4 is 27.4 Å². The zero-order valence-electron chi connectivity index (χ0n) is 20.1. The van der Waals surface area contributed by atoms with Crippen molar-refractivity contribution in [3.8, 4) is 0 Å². The number of carboxylic acids is 2. The van der Waals surface area contributed by atoms with Crippen LogP contribution in [0.5, 0.6) is 0 Å². The molecule has 4 unspecified atom stereocenters. The molecule has 13 nitrogen and oxygen atoms in total. The number of amides is 4. The standard InChI is InChI=1S/C23H33N5O8/c1-12(2)8-14(24)20(32)26-16(11-19(30)31)22(34)27-15(9-13-6-4-3-5-7-13)21(33)28-17(23(35)36)10-18(25)29/h3-7,12,14-17H,8-11,24H2,1-2H3,(H2,25,29)(H,26,32)(H,27,34)(H,28,33)(H,30,31)(H,35,36). The Morgan fingerprint density at radius 2 is 1.33 bits per heavy atom. The highest BCUT2D eigenvalue weighted by Crippen LogP contribution is 2.07. The van der Waals surface area contributed by atoms with E-state index in [1.165, 1.54) is 0 Å². The molecule has 1 rings (SSSR count). The van der Waals surface area contributed by atoms with Crippen LogP contribution in [0.1, 0.15) is 38.7 Å². The average molecular weight is 508 g/mol. The number of nitrogens with one attached hydrogen (secondary N) is 3. The van der Waals surface area contributed by atoms with Gasteiger partial charge in [-0.3, -0.25) is 24.0 Å². The summed E-state index contributed by atoms with van der Waals surface area (Å²) >= 11 is 0. The van der Waals surface area contributed by atoms with Gasteiger partial charge in [0.1, 0.15) is 18.1 Å². The quantitative estimate of drug-likeness (QED) is 0.146. The predicted molar refractivity (Wildman–Crippen MR) is 127 cm³/mol. The lowest BCUT2D eigenvalue weighted by molar-refractivity contribution is -0.144. The van der Waals surface area contributed by atoms with Gasteiger partial charge in [0, 0.05) is 6.42 Å². The van der Waals surface area contributed by atoms with Crippen molar-refractivity contribution in [3.63, 3.8) is 0 Å². The van der Waals surface area contributed by atoms with Gasteiger partial charge >= 0.3 is 11.9 Å². The Hall–Kier alpha value is -4.00. The third kappa shape index (κ3) is 11.0. The van der Waals surface area contributed by atoms with Gasteiger partial charge in [-0.15, -0.1) is 0 Å². The number of carboxylic acid groups (broad SMARTS) is 2. The van der Waals surface area contributed by atoms with Crippen molar-refractivity contribution in [1.82, 2.24) is 16.0 Å². The number of carbonyl (C=O) groups is 6. The van der Waals surface area contributed by atoms with E-state index < -0.39 is 72.6 Å². The van der Waals surface area contributed by atoms with Gasteiger partial charge in [-0.1, -0.05) is 44.2 Å². The Balaban J connectivity index is 3.13. The highest BCUT2D eigenvalue weighted by atomic mass is 16.4. The SMILES string of the molecule is CC(C)CC(N)C(=O)NC(CC(=O)O)C(=O)NC(Cc1ccccc1)C(=O)NC(CC(N)=O)C(=O)O. The fourth-order valence-corrected chi connectivity index (χ4v) is 3.28. The Labute approximate surface area is 208 Å². The second kappa shape index (κ2) is 14.4. The second-order valence-corrected chi connectivity index (χ2v) is 8.72. The smallest absolute Gasteiger partial charge is 0.326 e. The van der Waals surface area contributed by atoms with E-state index in [1.807, 2.05) is 13.8 Å². The molecular weight excluding hydrogens is 474 g/mol. The molecule has 0 radical (unpaired) electrons. The van der Waals surface area contributed by atoms with Crippen LogP contribution in [-0.2, 0) is 35.2 Å². The molecule has 1 aromatic rings. The second-order valence-electron chi connectivity index (χ2n) is 8.72. The third-order valence-corrected chi connectivity index (χ3v) is 5.01. The zero-order chi connectivity index (χ0) is 27.4. The Bertz CT molecular complexity index is 953. The van der Waals surface area contributed by atoms with E-state index in [-0.39, 0.29) is 12.3 Å². The number of aliphatic carboxylic acids is 2. The van der Waals surface area contributed by atoms with Crippen LogP contribution >= 0.6 is 0 Å². The molecule has 0 aromatic heterocycles. The van der Waals surface area contributed by atoms with E-state index in [0.717, 1.165) is 0 Å². The molecular formula is C23H33N5O8. The van der Waals surface area contributed by atoms with Gasteiger partial charge < -0.3 is 37.6 Å². The average Bonchev–Trinajstić information content (AvgIpc) is 2.77. The van der Waals surface area contributed by atoms with Gasteiger partial charge in [0.2, 0.25) is 23.6 Å². The molecule has 0 aliphatic rings. The predicted octanol–water partition coefficient (Wildman–Crippen LogP) is -1.51. The van der Waals surface area contributed by atoms with Gasteiger partial charge in [-0.2, -0.15) is 0 Å². The van der Waals surface area contributed by atoms with Gasteiger partial charge in [0.05, 0.1) is 18.9 Å². The largest absolute Gasteiger partial charge is 0.481 e. The summed E-state index contributed by atoms with van der Waals surface area (Å²) < 4.78 is 0. The summed E-state index contributed by atoms with van der Waals surface area (Å²) in [5, 5.41) is 25.3. The fraction of sp³-hybridized carbons (Fsp3) is 0.478. The van der Waals surface area contributed by atoms with Crippen LogP contribution in [0, 0.1) is 5.92 Å². The van der Waals surface area contributed by atoms with Crippen molar-refractivity contribution in [2.45, 2.75) is 63.7 Å². The van der Waals surface area contributed by atoms with Crippen LogP contribution in [0.2, 0.25) is 0 Å². The first-order valence-corrected chi connectivity index (χ1v) is 11.2. The van der Waals surface area contributed by atoms with E-state index in [9.17, 15) is 39.0 Å². The Kier molecular flexibility index (Phi) is 12.0. The minimum atomic E-state index is -1.64. The molecule has 0 spiro atoms. The highest BCUT2D eigenvalue weighted by molar-refractivity contribution is 5.96. The van der Waals surface area contributed by atoms with Gasteiger partial charge in [-0.05, 0) is 17.9 Å². The lowest BCUT2D eigenvalue weighted by atomic mass is 10.0. The molecule has 0 saturated heterocycles. The normalized spacial score (nSPS) is 14.1. The monoisotopic (exact) mass is 507 g/mol. The van der Waals surface area contributed by atoms with E-state index in [1.54, 1.807) is 30.3 Å². The summed E-state index contributed by atoms with van der Waals surface area (Å²) in [6.07, 6.45) is -1.27. The van der Waals surface area contributed by atoms with Crippen LogP contribution in [-0.4, -0.2) is 69.9 Å². The summed E-state index contributed by atoms with van der Waals surface area (Å²) in [6, 6.07) is 2.86. The lowest BCUT2D eigenvalue weighted by Crippen LogP contribution is -2.58. The maximum Gasteiger partial charge on any atom is 0.326 e. The molecule has 13 heteroatoms. The van der Waals surface area contributed by atoms with Gasteiger partial charge in [0.25, 0.3) is 0 Å². The molecule has 4 amide bonds. The first-order valence-electron chi connectivity index (χ1n) is 11.2. The number of benzene rings is 1. The van der Waals surface area contributed by atoms with Crippen molar-refractivity contribution in [2.24, 2.45) is 17.4 Å². The molecule has 0 bridgehead atoms. The molecule has 198 valence electrons. The van der Waals surface area contributed by atoms with E-state index in [0.29, 0.717) is 12.0 Å². The van der Waals surface area contributed by atoms with E-state index in [4.69, 9.17) is 11.5 Å². The number of carbonyl (C=O) groups excluding carboxylic acids is 4. The van der Waals surface area contributed by atoms with Crippen molar-refractivity contribution < 1.29 is 39.0 Å². The van der Waals surface area contributed by atoms with Gasteiger partial charge in [-0.25, -0.2) is 4.79 Å². The summed E-state index contributed by atoms with van der Waals surface area (Å²) in [7, 11) is 0. The first kappa shape index (κ1) is 30.0. The molecule has 9 N–H and O–H groups in total. The summed E-state index contributed by atoms with van der Waals surface area (Å²) in [4.78, 5) is 72.2. The van der Waals surface area contributed by atoms with E-state index >= 15 is 0 Å². The number of primary amides is 1. The summed E-state index contributed by atoms with van der Waals surface area (Å²) in [5.74, 6) is -6.46. The number of rotatable bonds is 15. The number of hydrogen-bond donors (Lipinski definition) is 7. The first-order chi connectivity index (χ1) is 16.8. The Morgan fingerprint density at radius 3 is 1.83 bits per heavy atom. The molecule has 0 saturated carbocycles. The lowest BCUT2D eigenvalue weighted by Gasteiger charge is -2.25. The molecule has 0 fully saturated rings. The van der Waals surface area contributed by atoms with Gasteiger partial charge in [0.15, 0.2) is 0 Å². The topological polar surface area (TPSA) is 231 Å². The molecule has 1 aromatic carbocycles. The van der Waals surface area contributed by atoms with Crippen LogP contribution in [0.25, 0.3) is 0 Å². The summed E-state index contributed by atoms with van der Waals surface area (Å²) in [6.45, 7) is 3.67. The van der Waals surface area contributed by atoms with Crippen molar-refractivity contribution in [3.05, 3.63) is 35.9 Å². The zero-order valence-corrected chi connectivity index (χ0v) is 20.1. The van der Waals surface area contributed by atoms with E-state index in [2.05, 4.69) is 16.0 Å². The fourth-order valence-electron chi connectivity index (χ4n) is 3.28. The van der Waals surface area contributed by atoms with Crippen LogP contribution in [0.4, 0.5) is 0 Å². The minimum absolute atomic E-state index is 0.0685. The maximum atomic E-state index is 13.0. The van der Waals surface area contributed by atoms with Crippen molar-refractivity contribution in [1.29, 1.82) is 0 Å². The molecule has 4 atom stereocenters. The van der Waals surface area contributed by atoms with Crippen LogP contribution in [0.15, 0.2) is 30.3 Å². The molecule has 0 aliphatic heterocycles. The highest BCUT2D eigenvalue weighted by Gasteiger charge is 2.32. The molecule has 0 heterocycles. The summed E-state index contributed by atoms with van der Waals surface area (Å²) in [5.41, 5.74) is 11.5. The number of nitrogens with two attached hydrogens (primary N) is 2. The molecule has 0 aliphatic carbocycles. The molecule has 36 heavy (non-hydrogen) atoms. The van der Waals surface area contributed by atoms with Crippen LogP contribution in [0.3, 0.4) is 0 Å². The van der Waals surface area contributed by atoms with Crippen molar-refractivity contribution >= 4 is 35.6 Å². The maximum absolute atomic E-state index is 13.0. The number of hydrogen-bond acceptors (Lipinski definition) is 7. The Morgan fingerprint density at radius 1 is 0.806 bits per heavy atom. The van der Waals surface area contributed by atoms with Crippen molar-refractivity contribution in [2.75, 3.05) is 0 Å². The third-order valence-electron chi connectivity index (χ3n) is 5.01.